The van der Waals surface area contributed by atoms with Gasteiger partial charge in [-0.25, -0.2) is 0 Å². The maximum atomic E-state index is 9.65. The molecule has 4 heteroatoms. The number of nitrogens with zero attached hydrogens (tertiary/aromatic N) is 1. The molecule has 0 spiro atoms. The molecular weight excluding hydrogens is 268 g/mol. The summed E-state index contributed by atoms with van der Waals surface area (Å²) in [6.45, 7) is 2.81. The van der Waals surface area contributed by atoms with Crippen molar-refractivity contribution in [2.75, 3.05) is 19.8 Å². The quantitative estimate of drug-likeness (QED) is 0.846. The van der Waals surface area contributed by atoms with Crippen LogP contribution in [0.1, 0.15) is 11.1 Å². The Morgan fingerprint density at radius 3 is 2.45 bits per heavy atom. The number of anilines is 1. The minimum atomic E-state index is 0.295. The fraction of sp³-hybridized carbons (Fsp3) is 0.250. The van der Waals surface area contributed by atoms with Gasteiger partial charge in [0.25, 0.3) is 0 Å². The molecule has 0 aliphatic carbocycles. The lowest BCUT2D eigenvalue weighted by Crippen LogP contribution is -2.11. The van der Waals surface area contributed by atoms with E-state index in [1.165, 1.54) is 0 Å². The van der Waals surface area contributed by atoms with Gasteiger partial charge in [-0.05, 0) is 62.5 Å². The number of phenols is 1. The summed E-state index contributed by atoms with van der Waals surface area (Å²) >= 11 is 1.64. The van der Waals surface area contributed by atoms with Crippen LogP contribution in [-0.2, 0) is 6.54 Å². The van der Waals surface area contributed by atoms with Gasteiger partial charge in [0.1, 0.15) is 5.75 Å². The van der Waals surface area contributed by atoms with Gasteiger partial charge in [0.15, 0.2) is 0 Å². The number of hydrogen-bond donors (Lipinski definition) is 2. The van der Waals surface area contributed by atoms with Crippen molar-refractivity contribution in [1.29, 1.82) is 0 Å². The summed E-state index contributed by atoms with van der Waals surface area (Å²) in [6.07, 6.45) is 0. The van der Waals surface area contributed by atoms with Crippen molar-refractivity contribution >= 4 is 17.4 Å². The summed E-state index contributed by atoms with van der Waals surface area (Å²) in [7, 11) is 4.03. The molecule has 20 heavy (non-hydrogen) atoms. The van der Waals surface area contributed by atoms with Gasteiger partial charge < -0.3 is 15.7 Å². The standard InChI is InChI=1S/C16H20N2OS/c1-11-4-6-16(14(17)8-11)20-15-7-5-13(19)9-12(15)10-18(2)3/h4-9,19H,10,17H2,1-3H3. The van der Waals surface area contributed by atoms with Crippen molar-refractivity contribution in [3.63, 3.8) is 0 Å². The van der Waals surface area contributed by atoms with Crippen molar-refractivity contribution in [3.05, 3.63) is 47.5 Å². The number of nitrogens with two attached hydrogens (primary N) is 1. The van der Waals surface area contributed by atoms with Gasteiger partial charge in [0.05, 0.1) is 0 Å². The molecule has 3 N–H and O–H groups in total. The summed E-state index contributed by atoms with van der Waals surface area (Å²) in [5, 5.41) is 9.65. The molecule has 0 atom stereocenters. The van der Waals surface area contributed by atoms with E-state index in [0.717, 1.165) is 33.2 Å². The van der Waals surface area contributed by atoms with E-state index in [-0.39, 0.29) is 0 Å². The topological polar surface area (TPSA) is 49.5 Å². The van der Waals surface area contributed by atoms with Crippen molar-refractivity contribution in [2.45, 2.75) is 23.3 Å². The SMILES string of the molecule is Cc1ccc(Sc2ccc(O)cc2CN(C)C)c(N)c1. The van der Waals surface area contributed by atoms with E-state index < -0.39 is 0 Å². The van der Waals surface area contributed by atoms with Crippen LogP contribution in [0.2, 0.25) is 0 Å². The highest BCUT2D eigenvalue weighted by Gasteiger charge is 2.09. The van der Waals surface area contributed by atoms with Gasteiger partial charge in [-0.2, -0.15) is 0 Å². The molecule has 0 saturated heterocycles. The van der Waals surface area contributed by atoms with Crippen molar-refractivity contribution in [3.8, 4) is 5.75 Å². The molecule has 2 aromatic carbocycles. The van der Waals surface area contributed by atoms with E-state index in [9.17, 15) is 5.11 Å². The molecule has 0 amide bonds. The van der Waals surface area contributed by atoms with E-state index in [2.05, 4.69) is 11.0 Å². The average Bonchev–Trinajstić information content (AvgIpc) is 2.34. The van der Waals surface area contributed by atoms with Gasteiger partial charge in [-0.15, -0.1) is 0 Å². The highest BCUT2D eigenvalue weighted by atomic mass is 32.2. The Hall–Kier alpha value is -1.65. The number of phenolic OH excluding ortho intramolecular Hbond substituents is 1. The van der Waals surface area contributed by atoms with Crippen molar-refractivity contribution in [2.24, 2.45) is 0 Å². The third-order valence-corrected chi connectivity index (χ3v) is 4.13. The molecule has 0 saturated carbocycles. The maximum Gasteiger partial charge on any atom is 0.115 e. The van der Waals surface area contributed by atoms with E-state index in [1.54, 1.807) is 17.8 Å². The third-order valence-electron chi connectivity index (χ3n) is 2.92. The lowest BCUT2D eigenvalue weighted by Gasteiger charge is -2.15. The summed E-state index contributed by atoms with van der Waals surface area (Å²) in [6, 6.07) is 11.6. The van der Waals surface area contributed by atoms with Crippen LogP contribution in [0, 0.1) is 6.92 Å². The minimum Gasteiger partial charge on any atom is -0.508 e. The predicted molar refractivity (Wildman–Crippen MR) is 85.2 cm³/mol. The molecule has 2 aromatic rings. The normalized spacial score (nSPS) is 11.0. The summed E-state index contributed by atoms with van der Waals surface area (Å²) in [4.78, 5) is 4.24. The van der Waals surface area contributed by atoms with Gasteiger partial charge in [-0.3, -0.25) is 0 Å². The Kier molecular flexibility index (Phi) is 4.57. The molecule has 106 valence electrons. The molecular formula is C16H20N2OS. The second-order valence-corrected chi connectivity index (χ2v) is 6.26. The molecule has 0 fully saturated rings. The molecule has 2 rings (SSSR count). The van der Waals surface area contributed by atoms with Crippen molar-refractivity contribution < 1.29 is 5.11 Å². The van der Waals surface area contributed by atoms with Gasteiger partial charge >= 0.3 is 0 Å². The first-order valence-electron chi connectivity index (χ1n) is 6.46. The number of rotatable bonds is 4. The molecule has 0 unspecified atom stereocenters. The average molecular weight is 288 g/mol. The Balaban J connectivity index is 2.32. The maximum absolute atomic E-state index is 9.65. The van der Waals surface area contributed by atoms with Crippen LogP contribution in [-0.4, -0.2) is 24.1 Å². The summed E-state index contributed by atoms with van der Waals surface area (Å²) in [5.74, 6) is 0.295. The smallest absolute Gasteiger partial charge is 0.115 e. The van der Waals surface area contributed by atoms with Crippen LogP contribution in [0.5, 0.6) is 5.75 Å². The van der Waals surface area contributed by atoms with Crippen LogP contribution in [0.3, 0.4) is 0 Å². The lowest BCUT2D eigenvalue weighted by atomic mass is 10.2. The van der Waals surface area contributed by atoms with Gasteiger partial charge in [0.2, 0.25) is 0 Å². The number of aromatic hydroxyl groups is 1. The Bertz CT molecular complexity index is 611. The molecule has 0 bridgehead atoms. The van der Waals surface area contributed by atoms with E-state index in [4.69, 9.17) is 5.73 Å². The van der Waals surface area contributed by atoms with Gasteiger partial charge in [-0.1, -0.05) is 17.8 Å². The first kappa shape index (κ1) is 14.8. The zero-order valence-corrected chi connectivity index (χ0v) is 12.9. The fourth-order valence-electron chi connectivity index (χ4n) is 2.01. The highest BCUT2D eigenvalue weighted by Crippen LogP contribution is 2.36. The highest BCUT2D eigenvalue weighted by molar-refractivity contribution is 7.99. The monoisotopic (exact) mass is 288 g/mol. The van der Waals surface area contributed by atoms with Crippen LogP contribution in [0.15, 0.2) is 46.2 Å². The van der Waals surface area contributed by atoms with E-state index in [1.807, 2.05) is 45.3 Å². The first-order valence-corrected chi connectivity index (χ1v) is 7.28. The van der Waals surface area contributed by atoms with Crippen LogP contribution in [0.25, 0.3) is 0 Å². The largest absolute Gasteiger partial charge is 0.508 e. The Morgan fingerprint density at radius 1 is 1.10 bits per heavy atom. The second-order valence-electron chi connectivity index (χ2n) is 5.17. The van der Waals surface area contributed by atoms with E-state index >= 15 is 0 Å². The molecule has 0 aliphatic rings. The number of hydrogen-bond acceptors (Lipinski definition) is 4. The van der Waals surface area contributed by atoms with Crippen LogP contribution >= 0.6 is 11.8 Å². The van der Waals surface area contributed by atoms with Crippen LogP contribution in [0.4, 0.5) is 5.69 Å². The van der Waals surface area contributed by atoms with Crippen LogP contribution < -0.4 is 5.73 Å². The fourth-order valence-corrected chi connectivity index (χ4v) is 2.95. The first-order chi connectivity index (χ1) is 9.45. The number of benzene rings is 2. The Labute approximate surface area is 124 Å². The second kappa shape index (κ2) is 6.20. The molecule has 0 radical (unpaired) electrons. The minimum absolute atomic E-state index is 0.295. The molecule has 0 aromatic heterocycles. The van der Waals surface area contributed by atoms with Gasteiger partial charge in [0, 0.05) is 22.0 Å². The lowest BCUT2D eigenvalue weighted by molar-refractivity contribution is 0.397. The van der Waals surface area contributed by atoms with Crippen molar-refractivity contribution in [1.82, 2.24) is 4.90 Å². The number of nitrogen functional groups attached to an aromatic ring is 1. The summed E-state index contributed by atoms with van der Waals surface area (Å²) in [5.41, 5.74) is 9.12. The van der Waals surface area contributed by atoms with E-state index in [0.29, 0.717) is 5.75 Å². The predicted octanol–water partition coefficient (Wildman–Crippen LogP) is 3.50. The zero-order valence-electron chi connectivity index (χ0n) is 12.1. The third kappa shape index (κ3) is 3.68. The molecule has 0 heterocycles. The molecule has 0 aliphatic heterocycles. The summed E-state index contributed by atoms with van der Waals surface area (Å²) < 4.78 is 0. The molecule has 3 nitrogen and oxygen atoms in total. The number of aryl methyl sites for hydroxylation is 1. The Morgan fingerprint density at radius 2 is 1.80 bits per heavy atom. The zero-order chi connectivity index (χ0) is 14.7.